The SMILES string of the molecule is CN1CCN(C[C@H]2C[C@@H](C(=O)NC3CC3)CN(Cc3ccc4ccccc4c3)C2)CC1. The van der Waals surface area contributed by atoms with E-state index in [0.717, 1.165) is 71.6 Å². The Hall–Kier alpha value is -1.95. The van der Waals surface area contributed by atoms with Crippen LogP contribution in [0.2, 0.25) is 0 Å². The van der Waals surface area contributed by atoms with Crippen molar-refractivity contribution in [1.82, 2.24) is 20.0 Å². The van der Waals surface area contributed by atoms with Gasteiger partial charge in [0.15, 0.2) is 0 Å². The number of fused-ring (bicyclic) bond motifs is 1. The van der Waals surface area contributed by atoms with Gasteiger partial charge in [-0.25, -0.2) is 0 Å². The number of likely N-dealkylation sites (tertiary alicyclic amines) is 1. The highest BCUT2D eigenvalue weighted by molar-refractivity contribution is 5.83. The number of piperazine rings is 1. The number of amides is 1. The molecule has 1 amide bonds. The molecule has 0 bridgehead atoms. The summed E-state index contributed by atoms with van der Waals surface area (Å²) in [4.78, 5) is 20.5. The molecule has 3 fully saturated rings. The standard InChI is InChI=1S/C26H36N4O/c1-28-10-12-29(13-11-28)17-21-15-24(26(31)27-25-8-9-25)19-30(18-21)16-20-6-7-22-4-2-3-5-23(22)14-20/h2-7,14,21,24-25H,8-13,15-19H2,1H3,(H,27,31)/t21-,24-/m1/s1. The fraction of sp³-hybridized carbons (Fsp3) is 0.577. The molecule has 2 atom stereocenters. The highest BCUT2D eigenvalue weighted by Gasteiger charge is 2.35. The van der Waals surface area contributed by atoms with Crippen molar-refractivity contribution in [2.75, 3.05) is 52.9 Å². The molecule has 1 saturated carbocycles. The van der Waals surface area contributed by atoms with Gasteiger partial charge < -0.3 is 15.1 Å². The van der Waals surface area contributed by atoms with E-state index >= 15 is 0 Å². The van der Waals surface area contributed by atoms with Crippen molar-refractivity contribution in [2.24, 2.45) is 11.8 Å². The summed E-state index contributed by atoms with van der Waals surface area (Å²) < 4.78 is 0. The van der Waals surface area contributed by atoms with Crippen LogP contribution in [0.15, 0.2) is 42.5 Å². The van der Waals surface area contributed by atoms with Gasteiger partial charge in [0, 0.05) is 58.4 Å². The van der Waals surface area contributed by atoms with Gasteiger partial charge in [0.2, 0.25) is 5.91 Å². The Kier molecular flexibility index (Phi) is 6.26. The number of rotatable bonds is 6. The normalized spacial score (nSPS) is 26.2. The quantitative estimate of drug-likeness (QED) is 0.780. The van der Waals surface area contributed by atoms with Crippen molar-refractivity contribution in [3.63, 3.8) is 0 Å². The molecule has 0 spiro atoms. The minimum absolute atomic E-state index is 0.118. The Bertz CT molecular complexity index is 903. The van der Waals surface area contributed by atoms with E-state index in [9.17, 15) is 4.79 Å². The Morgan fingerprint density at radius 1 is 0.968 bits per heavy atom. The molecule has 0 aromatic heterocycles. The Morgan fingerprint density at radius 3 is 2.52 bits per heavy atom. The van der Waals surface area contributed by atoms with E-state index in [4.69, 9.17) is 0 Å². The number of carbonyl (C=O) groups excluding carboxylic acids is 1. The zero-order chi connectivity index (χ0) is 21.2. The van der Waals surface area contributed by atoms with E-state index in [1.807, 2.05) is 0 Å². The van der Waals surface area contributed by atoms with Crippen LogP contribution in [0.4, 0.5) is 0 Å². The monoisotopic (exact) mass is 420 g/mol. The molecule has 2 aromatic rings. The summed E-state index contributed by atoms with van der Waals surface area (Å²) in [5, 5.41) is 5.87. The highest BCUT2D eigenvalue weighted by Crippen LogP contribution is 2.27. The molecular formula is C26H36N4O. The summed E-state index contributed by atoms with van der Waals surface area (Å²) >= 11 is 0. The molecule has 3 aliphatic rings. The maximum absolute atomic E-state index is 12.9. The summed E-state index contributed by atoms with van der Waals surface area (Å²) in [6.45, 7) is 8.62. The van der Waals surface area contributed by atoms with Gasteiger partial charge in [0.05, 0.1) is 5.92 Å². The lowest BCUT2D eigenvalue weighted by molar-refractivity contribution is -0.128. The number of carbonyl (C=O) groups is 1. The molecule has 1 N–H and O–H groups in total. The van der Waals surface area contributed by atoms with Crippen molar-refractivity contribution in [3.8, 4) is 0 Å². The number of hydrogen-bond donors (Lipinski definition) is 1. The molecular weight excluding hydrogens is 384 g/mol. The van der Waals surface area contributed by atoms with Crippen LogP contribution in [0.5, 0.6) is 0 Å². The lowest BCUT2D eigenvalue weighted by atomic mass is 9.87. The number of likely N-dealkylation sites (N-methyl/N-ethyl adjacent to an activating group) is 1. The molecule has 2 heterocycles. The Labute approximate surface area is 186 Å². The average molecular weight is 421 g/mol. The number of piperidine rings is 1. The number of nitrogens with one attached hydrogen (secondary N) is 1. The van der Waals surface area contributed by atoms with E-state index in [0.29, 0.717) is 12.0 Å². The van der Waals surface area contributed by atoms with E-state index in [1.54, 1.807) is 0 Å². The van der Waals surface area contributed by atoms with Crippen molar-refractivity contribution >= 4 is 16.7 Å². The largest absolute Gasteiger partial charge is 0.353 e. The number of benzene rings is 2. The minimum Gasteiger partial charge on any atom is -0.353 e. The van der Waals surface area contributed by atoms with Crippen LogP contribution in [0.25, 0.3) is 10.8 Å². The van der Waals surface area contributed by atoms with E-state index in [-0.39, 0.29) is 11.8 Å². The molecule has 0 radical (unpaired) electrons. The summed E-state index contributed by atoms with van der Waals surface area (Å²) in [6.07, 6.45) is 3.34. The molecule has 2 aromatic carbocycles. The molecule has 2 aliphatic heterocycles. The molecule has 5 nitrogen and oxygen atoms in total. The Balaban J connectivity index is 1.27. The lowest BCUT2D eigenvalue weighted by Gasteiger charge is -2.41. The molecule has 0 unspecified atom stereocenters. The van der Waals surface area contributed by atoms with Gasteiger partial charge in [-0.1, -0.05) is 36.4 Å². The maximum Gasteiger partial charge on any atom is 0.224 e. The predicted molar refractivity (Wildman–Crippen MR) is 126 cm³/mol. The van der Waals surface area contributed by atoms with Gasteiger partial charge in [0.25, 0.3) is 0 Å². The predicted octanol–water partition coefficient (Wildman–Crippen LogP) is 2.80. The van der Waals surface area contributed by atoms with Crippen LogP contribution >= 0.6 is 0 Å². The fourth-order valence-electron chi connectivity index (χ4n) is 5.29. The van der Waals surface area contributed by atoms with Crippen LogP contribution < -0.4 is 5.32 Å². The molecule has 1 aliphatic carbocycles. The highest BCUT2D eigenvalue weighted by atomic mass is 16.2. The fourth-order valence-corrected chi connectivity index (χ4v) is 5.29. The summed E-state index contributed by atoms with van der Waals surface area (Å²) in [6, 6.07) is 15.8. The van der Waals surface area contributed by atoms with Crippen LogP contribution in [-0.4, -0.2) is 79.5 Å². The van der Waals surface area contributed by atoms with Crippen LogP contribution in [0.1, 0.15) is 24.8 Å². The third kappa shape index (κ3) is 5.46. The topological polar surface area (TPSA) is 38.8 Å². The van der Waals surface area contributed by atoms with E-state index in [1.165, 1.54) is 16.3 Å². The maximum atomic E-state index is 12.9. The Morgan fingerprint density at radius 2 is 1.74 bits per heavy atom. The van der Waals surface area contributed by atoms with E-state index < -0.39 is 0 Å². The third-order valence-electron chi connectivity index (χ3n) is 7.24. The second-order valence-electron chi connectivity index (χ2n) is 10.1. The third-order valence-corrected chi connectivity index (χ3v) is 7.24. The molecule has 166 valence electrons. The number of nitrogens with zero attached hydrogens (tertiary/aromatic N) is 3. The first-order valence-corrected chi connectivity index (χ1v) is 12.0. The van der Waals surface area contributed by atoms with Gasteiger partial charge in [-0.2, -0.15) is 0 Å². The summed E-state index contributed by atoms with van der Waals surface area (Å²) in [5.41, 5.74) is 1.35. The smallest absolute Gasteiger partial charge is 0.224 e. The molecule has 5 heteroatoms. The van der Waals surface area contributed by atoms with Crippen molar-refractivity contribution < 1.29 is 4.79 Å². The summed E-state index contributed by atoms with van der Waals surface area (Å²) in [7, 11) is 2.21. The van der Waals surface area contributed by atoms with Gasteiger partial charge in [0.1, 0.15) is 0 Å². The molecule has 5 rings (SSSR count). The zero-order valence-corrected chi connectivity index (χ0v) is 18.8. The lowest BCUT2D eigenvalue weighted by Crippen LogP contribution is -2.51. The van der Waals surface area contributed by atoms with Crippen LogP contribution in [0.3, 0.4) is 0 Å². The number of hydrogen-bond acceptors (Lipinski definition) is 4. The van der Waals surface area contributed by atoms with E-state index in [2.05, 4.69) is 69.5 Å². The van der Waals surface area contributed by atoms with Gasteiger partial charge in [-0.05, 0) is 54.6 Å². The van der Waals surface area contributed by atoms with Gasteiger partial charge in [-0.15, -0.1) is 0 Å². The first-order chi connectivity index (χ1) is 15.1. The van der Waals surface area contributed by atoms with Crippen LogP contribution in [-0.2, 0) is 11.3 Å². The average Bonchev–Trinajstić information content (AvgIpc) is 3.59. The minimum atomic E-state index is 0.118. The van der Waals surface area contributed by atoms with Crippen LogP contribution in [0, 0.1) is 11.8 Å². The zero-order valence-electron chi connectivity index (χ0n) is 18.8. The van der Waals surface area contributed by atoms with Gasteiger partial charge >= 0.3 is 0 Å². The second kappa shape index (κ2) is 9.27. The second-order valence-corrected chi connectivity index (χ2v) is 10.1. The van der Waals surface area contributed by atoms with Crippen molar-refractivity contribution in [1.29, 1.82) is 0 Å². The molecule has 31 heavy (non-hydrogen) atoms. The first kappa shape index (κ1) is 20.9. The van der Waals surface area contributed by atoms with Crippen molar-refractivity contribution in [2.45, 2.75) is 31.8 Å². The first-order valence-electron chi connectivity index (χ1n) is 12.0. The van der Waals surface area contributed by atoms with Crippen molar-refractivity contribution in [3.05, 3.63) is 48.0 Å². The van der Waals surface area contributed by atoms with Gasteiger partial charge in [-0.3, -0.25) is 9.69 Å². The summed E-state index contributed by atoms with van der Waals surface area (Å²) in [5.74, 6) is 0.967. The molecule has 2 saturated heterocycles.